The van der Waals surface area contributed by atoms with Gasteiger partial charge in [0.15, 0.2) is 0 Å². The summed E-state index contributed by atoms with van der Waals surface area (Å²) in [6, 6.07) is 4.61. The van der Waals surface area contributed by atoms with E-state index in [1.807, 2.05) is 0 Å². The van der Waals surface area contributed by atoms with Crippen LogP contribution in [0.3, 0.4) is 0 Å². The standard InChI is InChI=1S/C17H25NOS/c1-12(16-11-13-7-8-14(16)10-13)18-17(19)6-2-4-15-5-3-9-20-15/h3,5,9,12-14,16H,2,4,6-8,10-11H2,1H3,(H,18,19)/t12-,13-,14-,16+/m1/s1. The molecule has 2 fully saturated rings. The number of fused-ring (bicyclic) bond motifs is 2. The number of carbonyl (C=O) groups is 1. The monoisotopic (exact) mass is 291 g/mol. The van der Waals surface area contributed by atoms with Gasteiger partial charge < -0.3 is 5.32 Å². The number of nitrogens with one attached hydrogen (secondary N) is 1. The molecule has 2 aliphatic carbocycles. The molecule has 2 nitrogen and oxygen atoms in total. The molecule has 2 bridgehead atoms. The number of hydrogen-bond donors (Lipinski definition) is 1. The van der Waals surface area contributed by atoms with Crippen LogP contribution in [0.1, 0.15) is 50.3 Å². The lowest BCUT2D eigenvalue weighted by Gasteiger charge is -2.28. The molecule has 0 aliphatic heterocycles. The molecular formula is C17H25NOS. The van der Waals surface area contributed by atoms with Crippen LogP contribution in [0.15, 0.2) is 17.5 Å². The summed E-state index contributed by atoms with van der Waals surface area (Å²) >= 11 is 1.79. The average molecular weight is 291 g/mol. The normalized spacial score (nSPS) is 29.6. The molecular weight excluding hydrogens is 266 g/mol. The Kier molecular flexibility index (Phi) is 4.45. The maximum Gasteiger partial charge on any atom is 0.220 e. The Hall–Kier alpha value is -0.830. The fourth-order valence-electron chi connectivity index (χ4n) is 4.22. The second-order valence-corrected chi connectivity index (χ2v) is 7.66. The van der Waals surface area contributed by atoms with Crippen LogP contribution in [0.4, 0.5) is 0 Å². The van der Waals surface area contributed by atoms with Gasteiger partial charge >= 0.3 is 0 Å². The largest absolute Gasteiger partial charge is 0.353 e. The van der Waals surface area contributed by atoms with Gasteiger partial charge in [-0.05, 0) is 68.2 Å². The van der Waals surface area contributed by atoms with E-state index < -0.39 is 0 Å². The van der Waals surface area contributed by atoms with E-state index in [0.29, 0.717) is 12.5 Å². The molecule has 1 heterocycles. The number of aryl methyl sites for hydroxylation is 1. The van der Waals surface area contributed by atoms with Crippen molar-refractivity contribution >= 4 is 17.2 Å². The molecule has 0 radical (unpaired) electrons. The lowest BCUT2D eigenvalue weighted by molar-refractivity contribution is -0.122. The van der Waals surface area contributed by atoms with Crippen molar-refractivity contribution in [2.24, 2.45) is 17.8 Å². The zero-order valence-electron chi connectivity index (χ0n) is 12.3. The highest BCUT2D eigenvalue weighted by atomic mass is 32.1. The molecule has 1 amide bonds. The van der Waals surface area contributed by atoms with Crippen LogP contribution < -0.4 is 5.32 Å². The second kappa shape index (κ2) is 6.30. The maximum absolute atomic E-state index is 12.0. The summed E-state index contributed by atoms with van der Waals surface area (Å²) in [6.07, 6.45) is 8.27. The van der Waals surface area contributed by atoms with Crippen LogP contribution in [0, 0.1) is 17.8 Å². The fourth-order valence-corrected chi connectivity index (χ4v) is 4.97. The molecule has 110 valence electrons. The lowest BCUT2D eigenvalue weighted by atomic mass is 9.84. The van der Waals surface area contributed by atoms with Crippen molar-refractivity contribution in [1.29, 1.82) is 0 Å². The lowest BCUT2D eigenvalue weighted by Crippen LogP contribution is -2.40. The van der Waals surface area contributed by atoms with Crippen LogP contribution in [0.2, 0.25) is 0 Å². The molecule has 1 aromatic rings. The summed E-state index contributed by atoms with van der Waals surface area (Å²) in [5, 5.41) is 5.36. The molecule has 0 saturated heterocycles. The van der Waals surface area contributed by atoms with E-state index in [1.54, 1.807) is 11.3 Å². The summed E-state index contributed by atoms with van der Waals surface area (Å²) in [7, 11) is 0. The minimum atomic E-state index is 0.247. The van der Waals surface area contributed by atoms with E-state index >= 15 is 0 Å². The molecule has 2 aliphatic rings. The van der Waals surface area contributed by atoms with Crippen molar-refractivity contribution in [3.05, 3.63) is 22.4 Å². The topological polar surface area (TPSA) is 29.1 Å². The van der Waals surface area contributed by atoms with Crippen molar-refractivity contribution in [3.63, 3.8) is 0 Å². The average Bonchev–Trinajstić information content (AvgIpc) is 3.15. The number of thiophene rings is 1. The van der Waals surface area contributed by atoms with Crippen LogP contribution >= 0.6 is 11.3 Å². The van der Waals surface area contributed by atoms with Gasteiger partial charge in [-0.15, -0.1) is 11.3 Å². The molecule has 1 N–H and O–H groups in total. The predicted octanol–water partition coefficient (Wildman–Crippen LogP) is 4.01. The van der Waals surface area contributed by atoms with Crippen LogP contribution in [0.5, 0.6) is 0 Å². The molecule has 20 heavy (non-hydrogen) atoms. The zero-order valence-corrected chi connectivity index (χ0v) is 13.1. The van der Waals surface area contributed by atoms with Crippen molar-refractivity contribution in [1.82, 2.24) is 5.32 Å². The quantitative estimate of drug-likeness (QED) is 0.843. The highest BCUT2D eigenvalue weighted by Crippen LogP contribution is 2.49. The maximum atomic E-state index is 12.0. The van der Waals surface area contributed by atoms with Crippen molar-refractivity contribution in [3.8, 4) is 0 Å². The van der Waals surface area contributed by atoms with Gasteiger partial charge in [0.1, 0.15) is 0 Å². The van der Waals surface area contributed by atoms with Gasteiger partial charge in [-0.3, -0.25) is 4.79 Å². The third kappa shape index (κ3) is 3.25. The zero-order chi connectivity index (χ0) is 13.9. The minimum absolute atomic E-state index is 0.247. The Labute approximate surface area is 126 Å². The number of rotatable bonds is 6. The van der Waals surface area contributed by atoms with E-state index in [4.69, 9.17) is 0 Å². The van der Waals surface area contributed by atoms with Crippen molar-refractivity contribution in [2.75, 3.05) is 0 Å². The fraction of sp³-hybridized carbons (Fsp3) is 0.706. The summed E-state index contributed by atoms with van der Waals surface area (Å²) in [5.41, 5.74) is 0. The first-order valence-electron chi connectivity index (χ1n) is 8.04. The third-order valence-electron chi connectivity index (χ3n) is 5.23. The molecule has 4 atom stereocenters. The highest BCUT2D eigenvalue weighted by Gasteiger charge is 2.41. The molecule has 2 saturated carbocycles. The first kappa shape index (κ1) is 14.1. The van der Waals surface area contributed by atoms with Crippen LogP contribution in [0.25, 0.3) is 0 Å². The first-order chi connectivity index (χ1) is 9.72. The number of carbonyl (C=O) groups excluding carboxylic acids is 1. The smallest absolute Gasteiger partial charge is 0.220 e. The van der Waals surface area contributed by atoms with E-state index in [2.05, 4.69) is 29.8 Å². The number of amides is 1. The van der Waals surface area contributed by atoms with E-state index in [1.165, 1.54) is 30.6 Å². The van der Waals surface area contributed by atoms with Gasteiger partial charge in [0.05, 0.1) is 0 Å². The van der Waals surface area contributed by atoms with Crippen LogP contribution in [-0.4, -0.2) is 11.9 Å². The molecule has 1 aromatic heterocycles. The van der Waals surface area contributed by atoms with E-state index in [-0.39, 0.29) is 5.91 Å². The van der Waals surface area contributed by atoms with Gasteiger partial charge in [0.2, 0.25) is 5.91 Å². The summed E-state index contributed by atoms with van der Waals surface area (Å²) in [4.78, 5) is 13.4. The summed E-state index contributed by atoms with van der Waals surface area (Å²) in [5.74, 6) is 2.84. The highest BCUT2D eigenvalue weighted by molar-refractivity contribution is 7.09. The van der Waals surface area contributed by atoms with Gasteiger partial charge in [-0.1, -0.05) is 12.5 Å². The molecule has 0 aromatic carbocycles. The van der Waals surface area contributed by atoms with Crippen molar-refractivity contribution < 1.29 is 4.79 Å². The Balaban J connectivity index is 1.38. The molecule has 0 spiro atoms. The Bertz CT molecular complexity index is 442. The molecule has 0 unspecified atom stereocenters. The van der Waals surface area contributed by atoms with Crippen LogP contribution in [-0.2, 0) is 11.2 Å². The van der Waals surface area contributed by atoms with E-state index in [9.17, 15) is 4.79 Å². The molecule has 3 heteroatoms. The first-order valence-corrected chi connectivity index (χ1v) is 8.92. The van der Waals surface area contributed by atoms with Gasteiger partial charge in [-0.2, -0.15) is 0 Å². The van der Waals surface area contributed by atoms with Gasteiger partial charge in [0, 0.05) is 17.3 Å². The predicted molar refractivity (Wildman–Crippen MR) is 83.8 cm³/mol. The van der Waals surface area contributed by atoms with Crippen molar-refractivity contribution in [2.45, 2.75) is 57.9 Å². The van der Waals surface area contributed by atoms with E-state index in [0.717, 1.165) is 30.6 Å². The SMILES string of the molecule is C[C@@H](NC(=O)CCCc1cccs1)[C@@H]1C[C@@H]2CC[C@@H]1C2. The van der Waals surface area contributed by atoms with Gasteiger partial charge in [0.25, 0.3) is 0 Å². The van der Waals surface area contributed by atoms with Gasteiger partial charge in [-0.25, -0.2) is 0 Å². The third-order valence-corrected chi connectivity index (χ3v) is 6.17. The minimum Gasteiger partial charge on any atom is -0.353 e. The summed E-state index contributed by atoms with van der Waals surface area (Å²) in [6.45, 7) is 2.21. The molecule has 3 rings (SSSR count). The Morgan fingerprint density at radius 2 is 2.35 bits per heavy atom. The second-order valence-electron chi connectivity index (χ2n) is 6.63. The Morgan fingerprint density at radius 1 is 1.45 bits per heavy atom. The number of hydrogen-bond acceptors (Lipinski definition) is 2. The Morgan fingerprint density at radius 3 is 3.00 bits per heavy atom. The summed E-state index contributed by atoms with van der Waals surface area (Å²) < 4.78 is 0.